The lowest BCUT2D eigenvalue weighted by molar-refractivity contribution is 0.0954. The van der Waals surface area contributed by atoms with E-state index in [0.29, 0.717) is 11.4 Å². The molecule has 0 radical (unpaired) electrons. The molecule has 0 saturated heterocycles. The molecule has 4 aromatic rings. The number of aryl methyl sites for hydroxylation is 2. The van der Waals surface area contributed by atoms with Gasteiger partial charge in [-0.05, 0) is 49.2 Å². The molecule has 6 nitrogen and oxygen atoms in total. The lowest BCUT2D eigenvalue weighted by atomic mass is 10.1. The molecule has 0 aromatic carbocycles. The number of hydrogen-bond donors (Lipinski definition) is 1. The Morgan fingerprint density at radius 3 is 2.66 bits per heavy atom. The van der Waals surface area contributed by atoms with Gasteiger partial charge < -0.3 is 5.32 Å². The SMILES string of the molecule is Cc1cc(-c2ncc(CNC(=O)c3cnc(-c4ccccn4)s3)cc2C)ccn1. The van der Waals surface area contributed by atoms with Crippen molar-refractivity contribution in [1.82, 2.24) is 25.3 Å². The van der Waals surface area contributed by atoms with Crippen molar-refractivity contribution in [2.75, 3.05) is 0 Å². The highest BCUT2D eigenvalue weighted by Crippen LogP contribution is 2.24. The van der Waals surface area contributed by atoms with E-state index >= 15 is 0 Å². The first-order valence-electron chi connectivity index (χ1n) is 9.14. The van der Waals surface area contributed by atoms with Gasteiger partial charge in [0.2, 0.25) is 0 Å². The largest absolute Gasteiger partial charge is 0.347 e. The lowest BCUT2D eigenvalue weighted by Crippen LogP contribution is -2.22. The normalized spacial score (nSPS) is 10.7. The van der Waals surface area contributed by atoms with Gasteiger partial charge in [-0.25, -0.2) is 4.98 Å². The molecule has 0 unspecified atom stereocenters. The van der Waals surface area contributed by atoms with Crippen LogP contribution in [-0.4, -0.2) is 25.8 Å². The molecular weight excluding hydrogens is 382 g/mol. The number of aromatic nitrogens is 4. The third-order valence-electron chi connectivity index (χ3n) is 4.37. The first kappa shape index (κ1) is 18.9. The highest BCUT2D eigenvalue weighted by molar-refractivity contribution is 7.16. The Morgan fingerprint density at radius 2 is 1.90 bits per heavy atom. The van der Waals surface area contributed by atoms with Crippen LogP contribution in [0.25, 0.3) is 22.0 Å². The molecule has 29 heavy (non-hydrogen) atoms. The van der Waals surface area contributed by atoms with Crippen LogP contribution in [0.5, 0.6) is 0 Å². The van der Waals surface area contributed by atoms with E-state index in [-0.39, 0.29) is 5.91 Å². The number of thiazole rings is 1. The minimum absolute atomic E-state index is 0.156. The van der Waals surface area contributed by atoms with E-state index in [4.69, 9.17) is 0 Å². The van der Waals surface area contributed by atoms with Gasteiger partial charge in [0, 0.05) is 36.4 Å². The summed E-state index contributed by atoms with van der Waals surface area (Å²) >= 11 is 1.33. The molecule has 0 aliphatic carbocycles. The quantitative estimate of drug-likeness (QED) is 0.542. The second kappa shape index (κ2) is 8.28. The summed E-state index contributed by atoms with van der Waals surface area (Å²) in [6.45, 7) is 4.38. The summed E-state index contributed by atoms with van der Waals surface area (Å²) in [6.07, 6.45) is 6.88. The minimum atomic E-state index is -0.156. The van der Waals surface area contributed by atoms with Crippen molar-refractivity contribution in [2.24, 2.45) is 0 Å². The zero-order valence-corrected chi connectivity index (χ0v) is 16.9. The number of nitrogens with zero attached hydrogens (tertiary/aromatic N) is 4. The van der Waals surface area contributed by atoms with Crippen LogP contribution in [-0.2, 0) is 6.54 Å². The van der Waals surface area contributed by atoms with Gasteiger partial charge in [0.1, 0.15) is 9.88 Å². The number of carbonyl (C=O) groups excluding carboxylic acids is 1. The number of pyridine rings is 3. The smallest absolute Gasteiger partial charge is 0.263 e. The summed E-state index contributed by atoms with van der Waals surface area (Å²) in [6, 6.07) is 11.6. The fourth-order valence-corrected chi connectivity index (χ4v) is 3.79. The van der Waals surface area contributed by atoms with E-state index in [9.17, 15) is 4.79 Å². The topological polar surface area (TPSA) is 80.7 Å². The number of carbonyl (C=O) groups is 1. The van der Waals surface area contributed by atoms with Crippen molar-refractivity contribution in [3.05, 3.63) is 82.9 Å². The van der Waals surface area contributed by atoms with Gasteiger partial charge in [0.25, 0.3) is 5.91 Å². The maximum atomic E-state index is 12.5. The van der Waals surface area contributed by atoms with Crippen LogP contribution in [0, 0.1) is 13.8 Å². The molecule has 1 N–H and O–H groups in total. The molecule has 4 rings (SSSR count). The Morgan fingerprint density at radius 1 is 1.00 bits per heavy atom. The van der Waals surface area contributed by atoms with Gasteiger partial charge in [-0.1, -0.05) is 12.1 Å². The summed E-state index contributed by atoms with van der Waals surface area (Å²) in [5, 5.41) is 3.66. The molecule has 1 amide bonds. The molecule has 0 spiro atoms. The first-order valence-corrected chi connectivity index (χ1v) is 9.96. The standard InChI is InChI=1S/C22H19N5OS/c1-14-9-16(11-25-20(14)17-6-8-23-15(2)10-17)12-26-21(28)19-13-27-22(29-19)18-5-3-4-7-24-18/h3-11,13H,12H2,1-2H3,(H,26,28). The van der Waals surface area contributed by atoms with E-state index in [0.717, 1.165) is 38.8 Å². The van der Waals surface area contributed by atoms with Crippen LogP contribution in [0.4, 0.5) is 0 Å². The van der Waals surface area contributed by atoms with Gasteiger partial charge in [-0.15, -0.1) is 11.3 Å². The molecule has 4 heterocycles. The Labute approximate surface area is 172 Å². The van der Waals surface area contributed by atoms with Crippen LogP contribution in [0.1, 0.15) is 26.5 Å². The number of nitrogens with one attached hydrogen (secondary N) is 1. The van der Waals surface area contributed by atoms with Gasteiger partial charge in [-0.3, -0.25) is 19.7 Å². The Bertz CT molecular complexity index is 1160. The number of hydrogen-bond acceptors (Lipinski definition) is 6. The summed E-state index contributed by atoms with van der Waals surface area (Å²) in [7, 11) is 0. The zero-order chi connectivity index (χ0) is 20.2. The van der Waals surface area contributed by atoms with Crippen LogP contribution in [0.15, 0.2) is 61.2 Å². The highest BCUT2D eigenvalue weighted by Gasteiger charge is 2.13. The van der Waals surface area contributed by atoms with Crippen molar-refractivity contribution >= 4 is 17.2 Å². The first-order chi connectivity index (χ1) is 14.1. The summed E-state index contributed by atoms with van der Waals surface area (Å²) in [5.74, 6) is -0.156. The van der Waals surface area contributed by atoms with Gasteiger partial charge in [0.05, 0.1) is 17.6 Å². The summed E-state index contributed by atoms with van der Waals surface area (Å²) in [5.41, 5.74) is 5.68. The van der Waals surface area contributed by atoms with E-state index in [1.807, 2.05) is 50.2 Å². The van der Waals surface area contributed by atoms with Crippen LogP contribution >= 0.6 is 11.3 Å². The van der Waals surface area contributed by atoms with Gasteiger partial charge in [0.15, 0.2) is 0 Å². The summed E-state index contributed by atoms with van der Waals surface area (Å²) < 4.78 is 0. The third-order valence-corrected chi connectivity index (χ3v) is 5.39. The predicted molar refractivity (Wildman–Crippen MR) is 113 cm³/mol. The van der Waals surface area contributed by atoms with Gasteiger partial charge >= 0.3 is 0 Å². The van der Waals surface area contributed by atoms with Gasteiger partial charge in [-0.2, -0.15) is 0 Å². The second-order valence-corrected chi connectivity index (χ2v) is 7.65. The van der Waals surface area contributed by atoms with E-state index in [1.165, 1.54) is 11.3 Å². The van der Waals surface area contributed by atoms with E-state index in [2.05, 4.69) is 25.3 Å². The van der Waals surface area contributed by atoms with Crippen molar-refractivity contribution < 1.29 is 4.79 Å². The zero-order valence-electron chi connectivity index (χ0n) is 16.1. The Balaban J connectivity index is 1.43. The lowest BCUT2D eigenvalue weighted by Gasteiger charge is -2.09. The predicted octanol–water partition coefficient (Wildman–Crippen LogP) is 4.21. The molecule has 0 aliphatic rings. The Kier molecular flexibility index (Phi) is 5.39. The third kappa shape index (κ3) is 4.35. The second-order valence-electron chi connectivity index (χ2n) is 6.62. The molecule has 7 heteroatoms. The van der Waals surface area contributed by atoms with Crippen molar-refractivity contribution in [3.8, 4) is 22.0 Å². The minimum Gasteiger partial charge on any atom is -0.347 e. The van der Waals surface area contributed by atoms with E-state index < -0.39 is 0 Å². The molecule has 0 bridgehead atoms. The maximum absolute atomic E-state index is 12.5. The fraction of sp³-hybridized carbons (Fsp3) is 0.136. The average molecular weight is 401 g/mol. The maximum Gasteiger partial charge on any atom is 0.263 e. The van der Waals surface area contributed by atoms with Crippen LogP contribution < -0.4 is 5.32 Å². The summed E-state index contributed by atoms with van der Waals surface area (Å²) in [4.78, 5) is 30.4. The fourth-order valence-electron chi connectivity index (χ4n) is 2.98. The molecule has 0 aliphatic heterocycles. The molecule has 0 fully saturated rings. The van der Waals surface area contributed by atoms with Crippen molar-refractivity contribution in [3.63, 3.8) is 0 Å². The van der Waals surface area contributed by atoms with Crippen molar-refractivity contribution in [1.29, 1.82) is 0 Å². The number of amides is 1. The highest BCUT2D eigenvalue weighted by atomic mass is 32.1. The van der Waals surface area contributed by atoms with Crippen LogP contribution in [0.2, 0.25) is 0 Å². The van der Waals surface area contributed by atoms with Crippen molar-refractivity contribution in [2.45, 2.75) is 20.4 Å². The Hall–Kier alpha value is -3.45. The van der Waals surface area contributed by atoms with E-state index in [1.54, 1.807) is 24.8 Å². The monoisotopic (exact) mass is 401 g/mol. The molecule has 0 atom stereocenters. The molecule has 144 valence electrons. The molecule has 4 aromatic heterocycles. The van der Waals surface area contributed by atoms with Crippen LogP contribution in [0.3, 0.4) is 0 Å². The molecule has 0 saturated carbocycles. The number of rotatable bonds is 5. The average Bonchev–Trinajstić information content (AvgIpc) is 3.23. The molecular formula is C22H19N5OS.